The molecule has 3 rings (SSSR count). The average molecular weight is 672 g/mol. The van der Waals surface area contributed by atoms with Crippen LogP contribution in [0.1, 0.15) is 30.9 Å². The number of nitrogens with one attached hydrogen (secondary N) is 2. The van der Waals surface area contributed by atoms with Gasteiger partial charge in [0.1, 0.15) is 12.3 Å². The van der Waals surface area contributed by atoms with Gasteiger partial charge in [-0.2, -0.15) is 31.4 Å². The predicted octanol–water partition coefficient (Wildman–Crippen LogP) is 4.49. The molecule has 1 aliphatic rings. The van der Waals surface area contributed by atoms with Gasteiger partial charge in [0.2, 0.25) is 5.95 Å². The van der Waals surface area contributed by atoms with Gasteiger partial charge in [-0.15, -0.1) is 0 Å². The third-order valence-corrected chi connectivity index (χ3v) is 8.60. The number of aromatic nitrogens is 4. The number of hydrogen-bond acceptors (Lipinski definition) is 9. The molecule has 1 aliphatic heterocycles. The van der Waals surface area contributed by atoms with Gasteiger partial charge in [-0.3, -0.25) is 14.4 Å². The van der Waals surface area contributed by atoms with Crippen molar-refractivity contribution in [2.24, 2.45) is 5.92 Å². The number of nitrogens with zero attached hydrogens (tertiary/aromatic N) is 5. The number of ether oxygens (including phenoxy) is 1. The van der Waals surface area contributed by atoms with Crippen LogP contribution in [0.4, 0.5) is 42.4 Å². The van der Waals surface area contributed by atoms with E-state index >= 15 is 0 Å². The first-order valence-electron chi connectivity index (χ1n) is 14.1. The van der Waals surface area contributed by atoms with E-state index in [4.69, 9.17) is 9.57 Å². The van der Waals surface area contributed by atoms with Gasteiger partial charge in [0.05, 0.1) is 24.1 Å². The monoisotopic (exact) mass is 671 g/mol. The third kappa shape index (κ3) is 10.6. The fourth-order valence-electron chi connectivity index (χ4n) is 4.33. The van der Waals surface area contributed by atoms with Crippen LogP contribution in [-0.4, -0.2) is 72.2 Å². The first kappa shape index (κ1) is 36.1. The van der Waals surface area contributed by atoms with Crippen molar-refractivity contribution in [2.75, 3.05) is 36.5 Å². The first-order chi connectivity index (χ1) is 20.9. The Balaban J connectivity index is 1.48. The second kappa shape index (κ2) is 14.8. The molecule has 45 heavy (non-hydrogen) atoms. The Morgan fingerprint density at radius 3 is 2.24 bits per heavy atom. The molecular weight excluding hydrogens is 635 g/mol. The molecule has 19 heteroatoms. The van der Waals surface area contributed by atoms with E-state index in [1.165, 1.54) is 6.92 Å². The molecule has 1 amide bonds. The van der Waals surface area contributed by atoms with Crippen LogP contribution in [0.2, 0.25) is 25.7 Å². The van der Waals surface area contributed by atoms with E-state index in [-0.39, 0.29) is 45.1 Å². The summed E-state index contributed by atoms with van der Waals surface area (Å²) in [5, 5.41) is 6.26. The molecule has 0 bridgehead atoms. The highest BCUT2D eigenvalue weighted by Crippen LogP contribution is 2.32. The number of halogens is 7. The second-order valence-electron chi connectivity index (χ2n) is 11.9. The third-order valence-electron chi connectivity index (χ3n) is 6.90. The van der Waals surface area contributed by atoms with Crippen molar-refractivity contribution < 1.29 is 45.1 Å². The number of carbonyl (C=O) groups is 1. The second-order valence-corrected chi connectivity index (χ2v) is 17.5. The normalized spacial score (nSPS) is 16.4. The molecular formula is C26H36F7N7O4Si. The molecule has 2 N–H and O–H groups in total. The molecule has 2 atom stereocenters. The standard InChI is InChI=1S/C26H36F7N7O4Si/c1-16(37-19-13-36-40(15-43-9-10-45(2,3)4)23(42)20(19)26(31,32)33)14-44-38-22(41)21(27)17-5-7-39(8-6-17)24-34-11-18(12-35-24)25(28,29)30/h11-13,16-17,21,37H,5-10,14-15H2,1-4H3,(H,38,41)/t16-,21?/m0/s1. The van der Waals surface area contributed by atoms with E-state index in [1.807, 2.05) is 5.48 Å². The maximum absolute atomic E-state index is 14.8. The van der Waals surface area contributed by atoms with Crippen LogP contribution in [0.25, 0.3) is 0 Å². The van der Waals surface area contributed by atoms with Crippen molar-refractivity contribution >= 4 is 25.6 Å². The zero-order valence-corrected chi connectivity index (χ0v) is 26.1. The summed E-state index contributed by atoms with van der Waals surface area (Å²) >= 11 is 0. The van der Waals surface area contributed by atoms with Crippen molar-refractivity contribution in [2.45, 2.75) is 76.7 Å². The fraction of sp³-hybridized carbons (Fsp3) is 0.654. The molecule has 1 fully saturated rings. The molecule has 252 valence electrons. The molecule has 0 radical (unpaired) electrons. The molecule has 3 heterocycles. The van der Waals surface area contributed by atoms with E-state index in [0.717, 1.165) is 12.2 Å². The van der Waals surface area contributed by atoms with Gasteiger partial charge in [0.15, 0.2) is 6.17 Å². The number of rotatable bonds is 13. The number of hydrogen-bond donors (Lipinski definition) is 2. The quantitative estimate of drug-likeness (QED) is 0.137. The van der Waals surface area contributed by atoms with Crippen molar-refractivity contribution in [3.05, 3.63) is 40.1 Å². The van der Waals surface area contributed by atoms with Gasteiger partial charge < -0.3 is 15.0 Å². The average Bonchev–Trinajstić information content (AvgIpc) is 2.94. The van der Waals surface area contributed by atoms with Gasteiger partial charge in [-0.1, -0.05) is 19.6 Å². The van der Waals surface area contributed by atoms with Crippen molar-refractivity contribution in [3.8, 4) is 0 Å². The Kier molecular flexibility index (Phi) is 11.9. The number of carbonyl (C=O) groups excluding carboxylic acids is 1. The fourth-order valence-corrected chi connectivity index (χ4v) is 5.09. The van der Waals surface area contributed by atoms with E-state index in [0.29, 0.717) is 17.1 Å². The summed E-state index contributed by atoms with van der Waals surface area (Å²) < 4.78 is 100. The summed E-state index contributed by atoms with van der Waals surface area (Å²) in [5.74, 6) is -1.76. The lowest BCUT2D eigenvalue weighted by Crippen LogP contribution is -2.43. The molecule has 0 saturated carbocycles. The van der Waals surface area contributed by atoms with Gasteiger partial charge in [-0.05, 0) is 25.8 Å². The lowest BCUT2D eigenvalue weighted by Gasteiger charge is -2.33. The Labute approximate surface area is 255 Å². The maximum atomic E-state index is 14.8. The van der Waals surface area contributed by atoms with Gasteiger partial charge >= 0.3 is 12.4 Å². The van der Waals surface area contributed by atoms with Gasteiger partial charge in [-0.25, -0.2) is 24.5 Å². The van der Waals surface area contributed by atoms with E-state index in [1.54, 1.807) is 4.90 Å². The first-order valence-corrected chi connectivity index (χ1v) is 17.8. The molecule has 11 nitrogen and oxygen atoms in total. The summed E-state index contributed by atoms with van der Waals surface area (Å²) in [7, 11) is -1.45. The van der Waals surface area contributed by atoms with Gasteiger partial charge in [0, 0.05) is 52.1 Å². The Morgan fingerprint density at radius 1 is 1.07 bits per heavy atom. The minimum atomic E-state index is -5.01. The Morgan fingerprint density at radius 2 is 1.69 bits per heavy atom. The lowest BCUT2D eigenvalue weighted by molar-refractivity contribution is -0.141. The van der Waals surface area contributed by atoms with Gasteiger partial charge in [0.25, 0.3) is 11.5 Å². The number of anilines is 2. The zero-order valence-electron chi connectivity index (χ0n) is 25.1. The zero-order chi connectivity index (χ0) is 33.6. The molecule has 1 saturated heterocycles. The summed E-state index contributed by atoms with van der Waals surface area (Å²) in [6.45, 7) is 7.58. The summed E-state index contributed by atoms with van der Waals surface area (Å²) in [5.41, 5.74) is -2.51. The summed E-state index contributed by atoms with van der Waals surface area (Å²) in [6.07, 6.45) is -9.04. The minimum Gasteiger partial charge on any atom is -0.378 e. The van der Waals surface area contributed by atoms with Crippen molar-refractivity contribution in [1.82, 2.24) is 25.2 Å². The van der Waals surface area contributed by atoms with Crippen LogP contribution >= 0.6 is 0 Å². The number of hydroxylamine groups is 1. The Bertz CT molecular complexity index is 1330. The highest BCUT2D eigenvalue weighted by atomic mass is 28.3. The van der Waals surface area contributed by atoms with E-state index in [2.05, 4.69) is 40.0 Å². The number of alkyl halides is 7. The molecule has 2 aromatic rings. The molecule has 2 aromatic heterocycles. The Hall–Kier alpha value is -3.32. The topological polar surface area (TPSA) is 124 Å². The van der Waals surface area contributed by atoms with E-state index < -0.39 is 73.6 Å². The highest BCUT2D eigenvalue weighted by molar-refractivity contribution is 6.76. The van der Waals surface area contributed by atoms with Crippen LogP contribution in [0.15, 0.2) is 23.4 Å². The largest absolute Gasteiger partial charge is 0.423 e. The highest BCUT2D eigenvalue weighted by Gasteiger charge is 2.39. The maximum Gasteiger partial charge on any atom is 0.423 e. The lowest BCUT2D eigenvalue weighted by atomic mass is 9.92. The smallest absolute Gasteiger partial charge is 0.378 e. The van der Waals surface area contributed by atoms with Crippen molar-refractivity contribution in [3.63, 3.8) is 0 Å². The van der Waals surface area contributed by atoms with Crippen LogP contribution in [0, 0.1) is 5.92 Å². The molecule has 0 spiro atoms. The molecule has 0 aromatic carbocycles. The van der Waals surface area contributed by atoms with Crippen LogP contribution in [-0.2, 0) is 33.5 Å². The minimum absolute atomic E-state index is 0.0538. The number of piperidine rings is 1. The van der Waals surface area contributed by atoms with Crippen LogP contribution in [0.5, 0.6) is 0 Å². The molecule has 0 aliphatic carbocycles. The van der Waals surface area contributed by atoms with E-state index in [9.17, 15) is 40.3 Å². The summed E-state index contributed by atoms with van der Waals surface area (Å²) in [6, 6.07) is -0.118. The molecule has 1 unspecified atom stereocenters. The summed E-state index contributed by atoms with van der Waals surface area (Å²) in [4.78, 5) is 38.9. The van der Waals surface area contributed by atoms with Crippen LogP contribution < -0.4 is 21.3 Å². The van der Waals surface area contributed by atoms with Crippen molar-refractivity contribution in [1.29, 1.82) is 0 Å². The number of amides is 1. The SMILES string of the molecule is C[C@@H](CONC(=O)C(F)C1CCN(c2ncc(C(F)(F)F)cn2)CC1)Nc1cnn(COCC[Si](C)(C)C)c(=O)c1C(F)(F)F. The van der Waals surface area contributed by atoms with Crippen LogP contribution in [0.3, 0.4) is 0 Å². The predicted molar refractivity (Wildman–Crippen MR) is 152 cm³/mol.